The first-order valence-corrected chi connectivity index (χ1v) is 9.74. The van der Waals surface area contributed by atoms with E-state index in [2.05, 4.69) is 5.32 Å². The average molecular weight is 389 g/mol. The monoisotopic (exact) mass is 389 g/mol. The maximum absolute atomic E-state index is 12.4. The number of benzene rings is 2. The van der Waals surface area contributed by atoms with Crippen molar-refractivity contribution in [3.8, 4) is 5.75 Å². The number of ether oxygens (including phenoxy) is 1. The quantitative estimate of drug-likeness (QED) is 0.789. The van der Waals surface area contributed by atoms with Crippen molar-refractivity contribution < 1.29 is 22.7 Å². The van der Waals surface area contributed by atoms with Crippen LogP contribution in [0, 0.1) is 0 Å². The molecule has 1 aliphatic heterocycles. The summed E-state index contributed by atoms with van der Waals surface area (Å²) in [4.78, 5) is 25.9. The van der Waals surface area contributed by atoms with Crippen molar-refractivity contribution in [1.29, 1.82) is 0 Å². The van der Waals surface area contributed by atoms with Gasteiger partial charge in [0.05, 0.1) is 16.6 Å². The minimum Gasteiger partial charge on any atom is -0.482 e. The van der Waals surface area contributed by atoms with Gasteiger partial charge in [-0.1, -0.05) is 24.3 Å². The van der Waals surface area contributed by atoms with Crippen molar-refractivity contribution in [2.45, 2.75) is 17.9 Å². The van der Waals surface area contributed by atoms with Gasteiger partial charge in [-0.25, -0.2) is 13.6 Å². The Morgan fingerprint density at radius 1 is 1.22 bits per heavy atom. The number of anilines is 1. The molecule has 3 N–H and O–H groups in total. The second-order valence-electron chi connectivity index (χ2n) is 6.14. The highest BCUT2D eigenvalue weighted by Gasteiger charge is 2.27. The van der Waals surface area contributed by atoms with Crippen LogP contribution in [0.15, 0.2) is 53.4 Å². The summed E-state index contributed by atoms with van der Waals surface area (Å²) in [5.74, 6) is -0.0892. The first kappa shape index (κ1) is 18.9. The van der Waals surface area contributed by atoms with Gasteiger partial charge in [0.2, 0.25) is 15.9 Å². The van der Waals surface area contributed by atoms with E-state index in [0.717, 1.165) is 0 Å². The number of hydrogen-bond acceptors (Lipinski definition) is 5. The SMILES string of the molecule is CC(NC(=O)CN1C(=O)COc2ccccc21)c1ccc(S(N)(=O)=O)cc1. The molecule has 2 aromatic rings. The predicted molar refractivity (Wildman–Crippen MR) is 98.7 cm³/mol. The first-order valence-electron chi connectivity index (χ1n) is 8.20. The Morgan fingerprint density at radius 2 is 1.89 bits per heavy atom. The smallest absolute Gasteiger partial charge is 0.265 e. The third-order valence-electron chi connectivity index (χ3n) is 4.20. The number of hydrogen-bond donors (Lipinski definition) is 2. The van der Waals surface area contributed by atoms with E-state index in [1.54, 1.807) is 43.3 Å². The lowest BCUT2D eigenvalue weighted by Gasteiger charge is -2.29. The zero-order valence-corrected chi connectivity index (χ0v) is 15.4. The van der Waals surface area contributed by atoms with Gasteiger partial charge in [-0.05, 0) is 36.8 Å². The van der Waals surface area contributed by atoms with E-state index < -0.39 is 10.0 Å². The number of primary sulfonamides is 1. The van der Waals surface area contributed by atoms with Gasteiger partial charge in [0.15, 0.2) is 6.61 Å². The Balaban J connectivity index is 1.68. The Kier molecular flexibility index (Phi) is 5.15. The van der Waals surface area contributed by atoms with Crippen LogP contribution in [-0.2, 0) is 19.6 Å². The van der Waals surface area contributed by atoms with Crippen LogP contribution in [0.3, 0.4) is 0 Å². The lowest BCUT2D eigenvalue weighted by atomic mass is 10.1. The highest BCUT2D eigenvalue weighted by molar-refractivity contribution is 7.89. The molecule has 0 spiro atoms. The molecule has 0 radical (unpaired) electrons. The summed E-state index contributed by atoms with van der Waals surface area (Å²) >= 11 is 0. The maximum atomic E-state index is 12.4. The molecule has 0 fully saturated rings. The molecule has 1 atom stereocenters. The number of carbonyl (C=O) groups is 2. The van der Waals surface area contributed by atoms with Gasteiger partial charge >= 0.3 is 0 Å². The molecule has 27 heavy (non-hydrogen) atoms. The van der Waals surface area contributed by atoms with E-state index in [-0.39, 0.29) is 35.9 Å². The van der Waals surface area contributed by atoms with E-state index >= 15 is 0 Å². The van der Waals surface area contributed by atoms with Crippen LogP contribution in [0.25, 0.3) is 0 Å². The molecule has 0 aromatic heterocycles. The molecule has 0 saturated carbocycles. The molecule has 2 amide bonds. The zero-order valence-electron chi connectivity index (χ0n) is 14.6. The molecular formula is C18H19N3O5S. The molecule has 1 aliphatic rings. The topological polar surface area (TPSA) is 119 Å². The third-order valence-corrected chi connectivity index (χ3v) is 5.13. The molecule has 0 aliphatic carbocycles. The van der Waals surface area contributed by atoms with Gasteiger partial charge in [0.1, 0.15) is 12.3 Å². The minimum atomic E-state index is -3.77. The van der Waals surface area contributed by atoms with Gasteiger partial charge in [-0.3, -0.25) is 14.5 Å². The lowest BCUT2D eigenvalue weighted by Crippen LogP contribution is -2.45. The number of sulfonamides is 1. The fourth-order valence-corrected chi connectivity index (χ4v) is 3.30. The Labute approximate surface area is 157 Å². The number of nitrogens with two attached hydrogens (primary N) is 1. The molecule has 0 bridgehead atoms. The molecule has 142 valence electrons. The van der Waals surface area contributed by atoms with Crippen molar-refractivity contribution in [2.24, 2.45) is 5.14 Å². The van der Waals surface area contributed by atoms with Gasteiger partial charge in [-0.15, -0.1) is 0 Å². The summed E-state index contributed by atoms with van der Waals surface area (Å²) < 4.78 is 28.0. The predicted octanol–water partition coefficient (Wildman–Crippen LogP) is 0.937. The summed E-state index contributed by atoms with van der Waals surface area (Å²) in [6.45, 7) is 1.51. The van der Waals surface area contributed by atoms with Crippen LogP contribution in [0.5, 0.6) is 5.75 Å². The minimum absolute atomic E-state index is 0.000275. The summed E-state index contributed by atoms with van der Waals surface area (Å²) in [6.07, 6.45) is 0. The highest BCUT2D eigenvalue weighted by Crippen LogP contribution is 2.31. The summed E-state index contributed by atoms with van der Waals surface area (Å²) in [5, 5.41) is 7.87. The third kappa shape index (κ3) is 4.26. The van der Waals surface area contributed by atoms with Gasteiger partial charge in [0, 0.05) is 0 Å². The number of rotatable bonds is 5. The number of nitrogens with zero attached hydrogens (tertiary/aromatic N) is 1. The van der Waals surface area contributed by atoms with Crippen LogP contribution < -0.4 is 20.1 Å². The van der Waals surface area contributed by atoms with Crippen molar-refractivity contribution >= 4 is 27.5 Å². The standard InChI is InChI=1S/C18H19N3O5S/c1-12(13-6-8-14(9-7-13)27(19,24)25)20-17(22)10-21-15-4-2-3-5-16(15)26-11-18(21)23/h2-9,12H,10-11H2,1H3,(H,20,22)(H2,19,24,25). The number of para-hydroxylation sites is 2. The molecule has 3 rings (SSSR count). The van der Waals surface area contributed by atoms with E-state index in [1.807, 2.05) is 0 Å². The van der Waals surface area contributed by atoms with Crippen LogP contribution in [0.4, 0.5) is 5.69 Å². The van der Waals surface area contributed by atoms with Crippen molar-refractivity contribution in [3.05, 3.63) is 54.1 Å². The molecule has 2 aromatic carbocycles. The summed E-state index contributed by atoms with van der Waals surface area (Å²) in [5.41, 5.74) is 1.26. The number of carbonyl (C=O) groups excluding carboxylic acids is 2. The van der Waals surface area contributed by atoms with Crippen LogP contribution in [0.2, 0.25) is 0 Å². The summed E-state index contributed by atoms with van der Waals surface area (Å²) in [6, 6.07) is 12.6. The molecule has 8 nitrogen and oxygen atoms in total. The first-order chi connectivity index (χ1) is 12.8. The molecular weight excluding hydrogens is 370 g/mol. The molecule has 1 heterocycles. The summed E-state index contributed by atoms with van der Waals surface area (Å²) in [7, 11) is -3.77. The lowest BCUT2D eigenvalue weighted by molar-refractivity contribution is -0.125. The fraction of sp³-hybridized carbons (Fsp3) is 0.222. The van der Waals surface area contributed by atoms with Crippen LogP contribution in [0.1, 0.15) is 18.5 Å². The van der Waals surface area contributed by atoms with Gasteiger partial charge < -0.3 is 10.1 Å². The average Bonchev–Trinajstić information content (AvgIpc) is 2.63. The Morgan fingerprint density at radius 3 is 2.56 bits per heavy atom. The maximum Gasteiger partial charge on any atom is 0.265 e. The molecule has 9 heteroatoms. The van der Waals surface area contributed by atoms with Gasteiger partial charge in [0.25, 0.3) is 5.91 Å². The van der Waals surface area contributed by atoms with E-state index in [9.17, 15) is 18.0 Å². The van der Waals surface area contributed by atoms with Crippen molar-refractivity contribution in [2.75, 3.05) is 18.1 Å². The zero-order chi connectivity index (χ0) is 19.6. The number of amides is 2. The van der Waals surface area contributed by atoms with E-state index in [1.165, 1.54) is 17.0 Å². The number of nitrogens with one attached hydrogen (secondary N) is 1. The van der Waals surface area contributed by atoms with Crippen LogP contribution in [-0.4, -0.2) is 33.4 Å². The van der Waals surface area contributed by atoms with Gasteiger partial charge in [-0.2, -0.15) is 0 Å². The van der Waals surface area contributed by atoms with E-state index in [0.29, 0.717) is 17.0 Å². The highest BCUT2D eigenvalue weighted by atomic mass is 32.2. The van der Waals surface area contributed by atoms with Crippen molar-refractivity contribution in [1.82, 2.24) is 5.32 Å². The van der Waals surface area contributed by atoms with Crippen molar-refractivity contribution in [3.63, 3.8) is 0 Å². The second-order valence-corrected chi connectivity index (χ2v) is 7.70. The number of fused-ring (bicyclic) bond motifs is 1. The fourth-order valence-electron chi connectivity index (χ4n) is 2.79. The largest absolute Gasteiger partial charge is 0.482 e. The molecule has 1 unspecified atom stereocenters. The Hall–Kier alpha value is -2.91. The second kappa shape index (κ2) is 7.37. The van der Waals surface area contributed by atoms with E-state index in [4.69, 9.17) is 9.88 Å². The normalized spacial score (nSPS) is 14.9. The Bertz CT molecular complexity index is 973. The molecule has 0 saturated heterocycles. The van der Waals surface area contributed by atoms with Crippen LogP contribution >= 0.6 is 0 Å².